The van der Waals surface area contributed by atoms with Crippen LogP contribution in [0, 0.1) is 5.82 Å². The van der Waals surface area contributed by atoms with Gasteiger partial charge in [-0.2, -0.15) is 0 Å². The molecule has 0 atom stereocenters. The molecule has 1 aliphatic rings. The Hall–Kier alpha value is -0.800. The van der Waals surface area contributed by atoms with E-state index in [0.717, 1.165) is 18.8 Å². The van der Waals surface area contributed by atoms with Crippen molar-refractivity contribution in [1.29, 1.82) is 0 Å². The van der Waals surface area contributed by atoms with Gasteiger partial charge in [0, 0.05) is 24.8 Å². The number of nitrogens with two attached hydrogens (primary N) is 1. The summed E-state index contributed by atoms with van der Waals surface area (Å²) < 4.78 is 12.8. The number of nitrogens with zero attached hydrogens (tertiary/aromatic N) is 1. The van der Waals surface area contributed by atoms with Crippen molar-refractivity contribution < 1.29 is 4.39 Å². The van der Waals surface area contributed by atoms with Crippen LogP contribution in [0.25, 0.3) is 0 Å². The molecule has 1 aliphatic heterocycles. The summed E-state index contributed by atoms with van der Waals surface area (Å²) in [5.74, 6) is -0.379. The van der Waals surface area contributed by atoms with Crippen LogP contribution < -0.4 is 10.6 Å². The number of hydrogen-bond donors (Lipinski definition) is 1. The Labute approximate surface area is 81.1 Å². The molecule has 1 heterocycles. The molecule has 2 nitrogen and oxygen atoms in total. The average molecular weight is 201 g/mol. The summed E-state index contributed by atoms with van der Waals surface area (Å²) in [6.45, 7) is 1.64. The molecule has 0 spiro atoms. The average Bonchev–Trinajstić information content (AvgIpc) is 2.05. The number of rotatable bonds is 1. The second-order valence-electron chi connectivity index (χ2n) is 3.26. The molecule has 13 heavy (non-hydrogen) atoms. The molecule has 4 heteroatoms. The van der Waals surface area contributed by atoms with Gasteiger partial charge in [0.25, 0.3) is 0 Å². The maximum atomic E-state index is 12.8. The van der Waals surface area contributed by atoms with Gasteiger partial charge in [-0.25, -0.2) is 4.39 Å². The van der Waals surface area contributed by atoms with E-state index in [9.17, 15) is 4.39 Å². The van der Waals surface area contributed by atoms with Gasteiger partial charge in [0.1, 0.15) is 5.82 Å². The Morgan fingerprint density at radius 2 is 2.15 bits per heavy atom. The summed E-state index contributed by atoms with van der Waals surface area (Å²) in [6, 6.07) is 4.96. The van der Waals surface area contributed by atoms with Gasteiger partial charge in [0.15, 0.2) is 0 Å². The van der Waals surface area contributed by atoms with Crippen molar-refractivity contribution in [3.05, 3.63) is 29.0 Å². The van der Waals surface area contributed by atoms with Gasteiger partial charge in [-0.15, -0.1) is 0 Å². The van der Waals surface area contributed by atoms with Crippen molar-refractivity contribution in [1.82, 2.24) is 0 Å². The van der Waals surface area contributed by atoms with Crippen molar-refractivity contribution >= 4 is 17.3 Å². The van der Waals surface area contributed by atoms with Gasteiger partial charge in [-0.1, -0.05) is 11.6 Å². The van der Waals surface area contributed by atoms with Gasteiger partial charge < -0.3 is 10.6 Å². The number of halogens is 2. The Kier molecular flexibility index (Phi) is 2.14. The highest BCUT2D eigenvalue weighted by Gasteiger charge is 2.23. The van der Waals surface area contributed by atoms with E-state index >= 15 is 0 Å². The van der Waals surface area contributed by atoms with Gasteiger partial charge in [-0.05, 0) is 18.2 Å². The van der Waals surface area contributed by atoms with Crippen LogP contribution >= 0.6 is 11.6 Å². The zero-order chi connectivity index (χ0) is 9.42. The van der Waals surface area contributed by atoms with Crippen LogP contribution in [0.1, 0.15) is 0 Å². The van der Waals surface area contributed by atoms with E-state index in [-0.39, 0.29) is 16.9 Å². The Morgan fingerprint density at radius 3 is 2.69 bits per heavy atom. The fourth-order valence-electron chi connectivity index (χ4n) is 1.41. The summed E-state index contributed by atoms with van der Waals surface area (Å²) in [5.41, 5.74) is 6.56. The van der Waals surface area contributed by atoms with Crippen LogP contribution in [0.4, 0.5) is 10.1 Å². The molecule has 0 aromatic heterocycles. The molecular weight excluding hydrogens is 191 g/mol. The lowest BCUT2D eigenvalue weighted by atomic mass is 10.1. The summed E-state index contributed by atoms with van der Waals surface area (Å²) in [4.78, 5) is 2.07. The van der Waals surface area contributed by atoms with E-state index in [1.54, 1.807) is 12.1 Å². The maximum absolute atomic E-state index is 12.8. The number of hydrogen-bond acceptors (Lipinski definition) is 2. The van der Waals surface area contributed by atoms with E-state index in [4.69, 9.17) is 17.3 Å². The fourth-order valence-corrected chi connectivity index (χ4v) is 1.58. The van der Waals surface area contributed by atoms with Gasteiger partial charge >= 0.3 is 0 Å². The zero-order valence-electron chi connectivity index (χ0n) is 7.00. The zero-order valence-corrected chi connectivity index (χ0v) is 7.76. The highest BCUT2D eigenvalue weighted by atomic mass is 35.5. The van der Waals surface area contributed by atoms with Crippen molar-refractivity contribution in [2.75, 3.05) is 18.0 Å². The molecule has 70 valence electrons. The lowest BCUT2D eigenvalue weighted by Gasteiger charge is -2.38. The normalized spacial score (nSPS) is 17.3. The summed E-state index contributed by atoms with van der Waals surface area (Å²) in [7, 11) is 0. The maximum Gasteiger partial charge on any atom is 0.141 e. The first-order valence-electron chi connectivity index (χ1n) is 4.12. The minimum atomic E-state index is -0.379. The molecule has 1 aromatic carbocycles. The monoisotopic (exact) mass is 200 g/mol. The van der Waals surface area contributed by atoms with Crippen LogP contribution in [0.2, 0.25) is 5.02 Å². The molecule has 2 rings (SSSR count). The highest BCUT2D eigenvalue weighted by Crippen LogP contribution is 2.25. The first-order valence-corrected chi connectivity index (χ1v) is 4.50. The van der Waals surface area contributed by atoms with Crippen LogP contribution in [0.5, 0.6) is 0 Å². The topological polar surface area (TPSA) is 29.3 Å². The van der Waals surface area contributed by atoms with Gasteiger partial charge in [0.2, 0.25) is 0 Å². The minimum Gasteiger partial charge on any atom is -0.368 e. The molecule has 0 bridgehead atoms. The van der Waals surface area contributed by atoms with E-state index < -0.39 is 0 Å². The summed E-state index contributed by atoms with van der Waals surface area (Å²) >= 11 is 5.64. The standard InChI is InChI=1S/C9H10ClFN2/c10-8-3-7(1-2-9(8)11)13-4-6(12)5-13/h1-3,6H,4-5,12H2. The Bertz CT molecular complexity index is 323. The fraction of sp³-hybridized carbons (Fsp3) is 0.333. The first-order chi connectivity index (χ1) is 6.16. The number of anilines is 1. The third-order valence-corrected chi connectivity index (χ3v) is 2.47. The third kappa shape index (κ3) is 1.62. The quantitative estimate of drug-likeness (QED) is 0.747. The smallest absolute Gasteiger partial charge is 0.141 e. The molecule has 2 N–H and O–H groups in total. The summed E-state index contributed by atoms with van der Waals surface area (Å²) in [5, 5.41) is 0.165. The van der Waals surface area contributed by atoms with Gasteiger partial charge in [0.05, 0.1) is 5.02 Å². The van der Waals surface area contributed by atoms with Gasteiger partial charge in [-0.3, -0.25) is 0 Å². The predicted octanol–water partition coefficient (Wildman–Crippen LogP) is 1.63. The van der Waals surface area contributed by atoms with Crippen molar-refractivity contribution in [3.63, 3.8) is 0 Å². The van der Waals surface area contributed by atoms with Crippen molar-refractivity contribution in [2.24, 2.45) is 5.73 Å². The molecule has 1 fully saturated rings. The SMILES string of the molecule is NC1CN(c2ccc(F)c(Cl)c2)C1. The second kappa shape index (κ2) is 3.16. The van der Waals surface area contributed by atoms with Crippen molar-refractivity contribution in [2.45, 2.75) is 6.04 Å². The highest BCUT2D eigenvalue weighted by molar-refractivity contribution is 6.31. The molecule has 0 aliphatic carbocycles. The molecule has 1 aromatic rings. The molecular formula is C9H10ClFN2. The molecule has 0 unspecified atom stereocenters. The molecule has 0 saturated carbocycles. The Morgan fingerprint density at radius 1 is 1.46 bits per heavy atom. The van der Waals surface area contributed by atoms with E-state index in [1.165, 1.54) is 6.07 Å². The minimum absolute atomic E-state index is 0.165. The van der Waals surface area contributed by atoms with E-state index in [2.05, 4.69) is 4.90 Å². The molecule has 0 radical (unpaired) electrons. The van der Waals surface area contributed by atoms with Crippen LogP contribution in [0.15, 0.2) is 18.2 Å². The largest absolute Gasteiger partial charge is 0.368 e. The molecule has 1 saturated heterocycles. The van der Waals surface area contributed by atoms with E-state index in [0.29, 0.717) is 0 Å². The van der Waals surface area contributed by atoms with Crippen LogP contribution in [-0.2, 0) is 0 Å². The first kappa shape index (κ1) is 8.78. The van der Waals surface area contributed by atoms with E-state index in [1.807, 2.05) is 0 Å². The third-order valence-electron chi connectivity index (χ3n) is 2.18. The lowest BCUT2D eigenvalue weighted by molar-refractivity contribution is 0.519. The second-order valence-corrected chi connectivity index (χ2v) is 3.67. The summed E-state index contributed by atoms with van der Waals surface area (Å²) in [6.07, 6.45) is 0. The van der Waals surface area contributed by atoms with Crippen LogP contribution in [0.3, 0.4) is 0 Å². The number of benzene rings is 1. The van der Waals surface area contributed by atoms with Crippen molar-refractivity contribution in [3.8, 4) is 0 Å². The molecule has 0 amide bonds. The van der Waals surface area contributed by atoms with Crippen LogP contribution in [-0.4, -0.2) is 19.1 Å². The Balaban J connectivity index is 2.18. The predicted molar refractivity (Wildman–Crippen MR) is 51.6 cm³/mol. The lowest BCUT2D eigenvalue weighted by Crippen LogP contribution is -2.55.